The molecule has 0 saturated heterocycles. The Morgan fingerprint density at radius 2 is 1.61 bits per heavy atom. The molecule has 4 rings (SSSR count). The number of benzene rings is 3. The summed E-state index contributed by atoms with van der Waals surface area (Å²) < 4.78 is 5.36. The standard InChI is InChI=1S/C25H21N3O5/c1-17-23(28(31)32)22(26-25(30)27(17)16-18-8-4-2-5-9-18)19-12-14-21(15-13-19)33-24(29)20-10-6-3-7-11-20/h2-15,22H,16H2,1H3,(H,26,30). The summed E-state index contributed by atoms with van der Waals surface area (Å²) >= 11 is 0. The maximum atomic E-state index is 12.8. The van der Waals surface area contributed by atoms with Gasteiger partial charge in [-0.15, -0.1) is 0 Å². The minimum Gasteiger partial charge on any atom is -0.423 e. The van der Waals surface area contributed by atoms with E-state index in [1.165, 1.54) is 4.90 Å². The van der Waals surface area contributed by atoms with Crippen molar-refractivity contribution in [1.82, 2.24) is 10.2 Å². The van der Waals surface area contributed by atoms with Crippen molar-refractivity contribution >= 4 is 12.0 Å². The third kappa shape index (κ3) is 4.74. The van der Waals surface area contributed by atoms with Crippen LogP contribution in [0.4, 0.5) is 4.79 Å². The molecular formula is C25H21N3O5. The van der Waals surface area contributed by atoms with Gasteiger partial charge in [0.1, 0.15) is 11.8 Å². The third-order valence-electron chi connectivity index (χ3n) is 5.38. The van der Waals surface area contributed by atoms with E-state index in [-0.39, 0.29) is 17.9 Å². The second-order valence-electron chi connectivity index (χ2n) is 7.51. The molecule has 1 aliphatic heterocycles. The lowest BCUT2D eigenvalue weighted by Gasteiger charge is -2.32. The summed E-state index contributed by atoms with van der Waals surface area (Å²) in [7, 11) is 0. The first-order valence-electron chi connectivity index (χ1n) is 10.3. The van der Waals surface area contributed by atoms with E-state index in [1.807, 2.05) is 30.3 Å². The predicted molar refractivity (Wildman–Crippen MR) is 121 cm³/mol. The largest absolute Gasteiger partial charge is 0.423 e. The number of nitrogens with zero attached hydrogens (tertiary/aromatic N) is 2. The van der Waals surface area contributed by atoms with Gasteiger partial charge >= 0.3 is 12.0 Å². The summed E-state index contributed by atoms with van der Waals surface area (Å²) in [5.74, 6) is -0.212. The molecule has 33 heavy (non-hydrogen) atoms. The number of urea groups is 1. The van der Waals surface area contributed by atoms with Crippen molar-refractivity contribution < 1.29 is 19.2 Å². The van der Waals surface area contributed by atoms with Crippen LogP contribution in [0.1, 0.15) is 34.5 Å². The minimum atomic E-state index is -0.932. The zero-order valence-electron chi connectivity index (χ0n) is 17.8. The van der Waals surface area contributed by atoms with Gasteiger partial charge in [0, 0.05) is 0 Å². The van der Waals surface area contributed by atoms with Crippen LogP contribution in [0.15, 0.2) is 96.3 Å². The van der Waals surface area contributed by atoms with Gasteiger partial charge in [0.2, 0.25) is 0 Å². The Balaban J connectivity index is 1.57. The van der Waals surface area contributed by atoms with Gasteiger partial charge in [-0.1, -0.05) is 60.7 Å². The summed E-state index contributed by atoms with van der Waals surface area (Å²) in [6.45, 7) is 1.79. The van der Waals surface area contributed by atoms with Crippen LogP contribution in [-0.2, 0) is 6.54 Å². The monoisotopic (exact) mass is 443 g/mol. The second kappa shape index (κ2) is 9.35. The van der Waals surface area contributed by atoms with Gasteiger partial charge in [-0.2, -0.15) is 0 Å². The average molecular weight is 443 g/mol. The van der Waals surface area contributed by atoms with Crippen LogP contribution in [0.2, 0.25) is 0 Å². The van der Waals surface area contributed by atoms with E-state index in [2.05, 4.69) is 5.32 Å². The number of rotatable bonds is 6. The fourth-order valence-electron chi connectivity index (χ4n) is 3.67. The van der Waals surface area contributed by atoms with E-state index in [4.69, 9.17) is 4.74 Å². The zero-order valence-corrected chi connectivity index (χ0v) is 17.8. The molecule has 0 bridgehead atoms. The maximum absolute atomic E-state index is 12.8. The molecule has 1 heterocycles. The van der Waals surface area contributed by atoms with E-state index in [0.29, 0.717) is 16.9 Å². The van der Waals surface area contributed by atoms with Crippen LogP contribution in [0.25, 0.3) is 0 Å². The molecule has 2 amide bonds. The number of hydrogen-bond donors (Lipinski definition) is 1. The molecule has 0 saturated carbocycles. The topological polar surface area (TPSA) is 102 Å². The Hall–Kier alpha value is -4.46. The summed E-state index contributed by atoms with van der Waals surface area (Å²) in [5.41, 5.74) is 1.94. The summed E-state index contributed by atoms with van der Waals surface area (Å²) in [4.78, 5) is 37.9. The number of ether oxygens (including phenoxy) is 1. The highest BCUT2D eigenvalue weighted by Gasteiger charge is 2.39. The van der Waals surface area contributed by atoms with Gasteiger partial charge in [0.15, 0.2) is 0 Å². The fraction of sp³-hybridized carbons (Fsp3) is 0.120. The molecule has 3 aromatic carbocycles. The molecule has 166 valence electrons. The van der Waals surface area contributed by atoms with Crippen LogP contribution < -0.4 is 10.1 Å². The van der Waals surface area contributed by atoms with Gasteiger partial charge in [0.05, 0.1) is 22.7 Å². The molecule has 0 fully saturated rings. The minimum absolute atomic E-state index is 0.112. The molecule has 0 aromatic heterocycles. The van der Waals surface area contributed by atoms with E-state index < -0.39 is 23.0 Å². The number of nitro groups is 1. The molecule has 1 atom stereocenters. The number of amides is 2. The van der Waals surface area contributed by atoms with E-state index in [9.17, 15) is 19.7 Å². The van der Waals surface area contributed by atoms with Crippen molar-refractivity contribution in [2.45, 2.75) is 19.5 Å². The first-order valence-corrected chi connectivity index (χ1v) is 10.3. The van der Waals surface area contributed by atoms with Crippen molar-refractivity contribution in [3.05, 3.63) is 123 Å². The van der Waals surface area contributed by atoms with Gasteiger partial charge in [-0.25, -0.2) is 9.59 Å². The molecular weight excluding hydrogens is 422 g/mol. The smallest absolute Gasteiger partial charge is 0.343 e. The Morgan fingerprint density at radius 3 is 2.21 bits per heavy atom. The fourth-order valence-corrected chi connectivity index (χ4v) is 3.67. The van der Waals surface area contributed by atoms with Crippen molar-refractivity contribution in [1.29, 1.82) is 0 Å². The van der Waals surface area contributed by atoms with Crippen LogP contribution in [0.3, 0.4) is 0 Å². The van der Waals surface area contributed by atoms with Crippen molar-refractivity contribution in [3.8, 4) is 5.75 Å². The van der Waals surface area contributed by atoms with Crippen LogP contribution in [-0.4, -0.2) is 21.8 Å². The molecule has 8 heteroatoms. The molecule has 1 unspecified atom stereocenters. The SMILES string of the molecule is CC1=C([N+](=O)[O-])C(c2ccc(OC(=O)c3ccccc3)cc2)NC(=O)N1Cc1ccccc1. The lowest BCUT2D eigenvalue weighted by Crippen LogP contribution is -2.47. The highest BCUT2D eigenvalue weighted by Crippen LogP contribution is 2.32. The van der Waals surface area contributed by atoms with Crippen molar-refractivity contribution in [2.75, 3.05) is 0 Å². The van der Waals surface area contributed by atoms with Crippen LogP contribution in [0.5, 0.6) is 5.75 Å². The molecule has 8 nitrogen and oxygen atoms in total. The van der Waals surface area contributed by atoms with Crippen LogP contribution >= 0.6 is 0 Å². The number of carbonyl (C=O) groups is 2. The normalized spacial score (nSPS) is 15.7. The van der Waals surface area contributed by atoms with Crippen molar-refractivity contribution in [3.63, 3.8) is 0 Å². The molecule has 0 spiro atoms. The molecule has 0 radical (unpaired) electrons. The average Bonchev–Trinajstić information content (AvgIpc) is 2.83. The van der Waals surface area contributed by atoms with E-state index >= 15 is 0 Å². The maximum Gasteiger partial charge on any atom is 0.343 e. The van der Waals surface area contributed by atoms with Crippen LogP contribution in [0, 0.1) is 10.1 Å². The summed E-state index contributed by atoms with van der Waals surface area (Å²) in [5, 5.41) is 14.7. The van der Waals surface area contributed by atoms with Gasteiger partial charge in [-0.05, 0) is 42.3 Å². The van der Waals surface area contributed by atoms with Gasteiger partial charge in [-0.3, -0.25) is 15.0 Å². The predicted octanol–water partition coefficient (Wildman–Crippen LogP) is 4.68. The summed E-state index contributed by atoms with van der Waals surface area (Å²) in [6.07, 6.45) is 0. The number of nitrogens with one attached hydrogen (secondary N) is 1. The molecule has 1 N–H and O–H groups in total. The second-order valence-corrected chi connectivity index (χ2v) is 7.51. The van der Waals surface area contributed by atoms with Gasteiger partial charge in [0.25, 0.3) is 5.70 Å². The Kier molecular flexibility index (Phi) is 6.17. The molecule has 0 aliphatic carbocycles. The molecule has 3 aromatic rings. The number of allylic oxidation sites excluding steroid dienone is 1. The zero-order chi connectivity index (χ0) is 23.4. The van der Waals surface area contributed by atoms with Crippen molar-refractivity contribution in [2.24, 2.45) is 0 Å². The van der Waals surface area contributed by atoms with E-state index in [1.54, 1.807) is 61.5 Å². The highest BCUT2D eigenvalue weighted by molar-refractivity contribution is 5.91. The lowest BCUT2D eigenvalue weighted by atomic mass is 10.00. The Labute approximate surface area is 190 Å². The lowest BCUT2D eigenvalue weighted by molar-refractivity contribution is -0.433. The van der Waals surface area contributed by atoms with E-state index in [0.717, 1.165) is 5.56 Å². The quantitative estimate of drug-likeness (QED) is 0.258. The first-order chi connectivity index (χ1) is 15.9. The Bertz CT molecular complexity index is 1210. The number of esters is 1. The highest BCUT2D eigenvalue weighted by atomic mass is 16.6. The third-order valence-corrected chi connectivity index (χ3v) is 5.38. The molecule has 1 aliphatic rings. The summed E-state index contributed by atoms with van der Waals surface area (Å²) in [6, 6.07) is 22.8. The first kappa shape index (κ1) is 21.8. The number of hydrogen-bond acceptors (Lipinski definition) is 5. The van der Waals surface area contributed by atoms with Gasteiger partial charge < -0.3 is 10.1 Å². The Morgan fingerprint density at radius 1 is 1.00 bits per heavy atom. The number of carbonyl (C=O) groups excluding carboxylic acids is 2.